The van der Waals surface area contributed by atoms with Gasteiger partial charge in [-0.1, -0.05) is 19.9 Å². The van der Waals surface area contributed by atoms with E-state index in [1.165, 1.54) is 13.2 Å². The first-order valence-electron chi connectivity index (χ1n) is 5.24. The predicted molar refractivity (Wildman–Crippen MR) is 68.0 cm³/mol. The summed E-state index contributed by atoms with van der Waals surface area (Å²) in [5.41, 5.74) is 6.11. The van der Waals surface area contributed by atoms with Gasteiger partial charge in [-0.3, -0.25) is 0 Å². The lowest BCUT2D eigenvalue weighted by Crippen LogP contribution is -2.31. The van der Waals surface area contributed by atoms with Crippen LogP contribution in [0.15, 0.2) is 18.2 Å². The van der Waals surface area contributed by atoms with E-state index < -0.39 is 18.0 Å². The predicted octanol–water partition coefficient (Wildman–Crippen LogP) is 2.27. The summed E-state index contributed by atoms with van der Waals surface area (Å²) in [6, 6.07) is 3.73. The Balaban J connectivity index is 0.00000256. The molecular formula is C12H19ClFNO2. The lowest BCUT2D eigenvalue weighted by Gasteiger charge is -2.22. The molecule has 0 bridgehead atoms. The number of nitrogens with two attached hydrogens (primary N) is 1. The molecule has 1 aromatic rings. The van der Waals surface area contributed by atoms with Gasteiger partial charge in [-0.2, -0.15) is 0 Å². The zero-order valence-corrected chi connectivity index (χ0v) is 11.0. The van der Waals surface area contributed by atoms with Crippen LogP contribution >= 0.6 is 12.4 Å². The van der Waals surface area contributed by atoms with Crippen LogP contribution in [0.2, 0.25) is 0 Å². The molecule has 0 aliphatic heterocycles. The van der Waals surface area contributed by atoms with E-state index >= 15 is 0 Å². The molecule has 17 heavy (non-hydrogen) atoms. The van der Waals surface area contributed by atoms with Crippen molar-refractivity contribution in [3.8, 4) is 5.75 Å². The minimum atomic E-state index is -0.761. The van der Waals surface area contributed by atoms with E-state index in [1.807, 2.05) is 13.8 Å². The van der Waals surface area contributed by atoms with E-state index in [0.717, 1.165) is 0 Å². The van der Waals surface area contributed by atoms with Crippen LogP contribution in [0.25, 0.3) is 0 Å². The van der Waals surface area contributed by atoms with Crippen molar-refractivity contribution in [2.45, 2.75) is 26.0 Å². The Morgan fingerprint density at radius 2 is 1.94 bits per heavy atom. The van der Waals surface area contributed by atoms with E-state index in [2.05, 4.69) is 0 Å². The molecule has 0 fully saturated rings. The van der Waals surface area contributed by atoms with E-state index in [4.69, 9.17) is 10.5 Å². The molecule has 0 aromatic heterocycles. The van der Waals surface area contributed by atoms with Crippen LogP contribution in [0.1, 0.15) is 25.5 Å². The fourth-order valence-corrected chi connectivity index (χ4v) is 1.50. The van der Waals surface area contributed by atoms with Crippen molar-refractivity contribution in [1.82, 2.24) is 0 Å². The summed E-state index contributed by atoms with van der Waals surface area (Å²) >= 11 is 0. The van der Waals surface area contributed by atoms with Crippen LogP contribution in [0, 0.1) is 11.7 Å². The van der Waals surface area contributed by atoms with Gasteiger partial charge in [-0.25, -0.2) is 4.39 Å². The maximum Gasteiger partial charge on any atom is 0.131 e. The Morgan fingerprint density at radius 1 is 1.35 bits per heavy atom. The molecule has 98 valence electrons. The lowest BCUT2D eigenvalue weighted by molar-refractivity contribution is 0.0966. The van der Waals surface area contributed by atoms with Crippen LogP contribution in [0.5, 0.6) is 5.75 Å². The van der Waals surface area contributed by atoms with Crippen molar-refractivity contribution in [2.24, 2.45) is 11.7 Å². The second-order valence-electron chi connectivity index (χ2n) is 4.15. The fourth-order valence-electron chi connectivity index (χ4n) is 1.50. The maximum absolute atomic E-state index is 13.6. The molecule has 0 amide bonds. The molecule has 0 heterocycles. The first kappa shape index (κ1) is 16.2. The number of aliphatic hydroxyl groups excluding tert-OH is 1. The van der Waals surface area contributed by atoms with E-state index in [0.29, 0.717) is 11.3 Å². The van der Waals surface area contributed by atoms with Gasteiger partial charge in [0, 0.05) is 11.6 Å². The van der Waals surface area contributed by atoms with Crippen LogP contribution in [-0.4, -0.2) is 18.3 Å². The van der Waals surface area contributed by atoms with E-state index in [1.54, 1.807) is 12.1 Å². The maximum atomic E-state index is 13.6. The van der Waals surface area contributed by atoms with Gasteiger partial charge in [0.15, 0.2) is 0 Å². The molecule has 3 N–H and O–H groups in total. The third kappa shape index (κ3) is 3.84. The Labute approximate surface area is 107 Å². The molecule has 0 saturated heterocycles. The van der Waals surface area contributed by atoms with Crippen molar-refractivity contribution < 1.29 is 14.2 Å². The van der Waals surface area contributed by atoms with Crippen LogP contribution < -0.4 is 10.5 Å². The molecule has 3 nitrogen and oxygen atoms in total. The first-order chi connectivity index (χ1) is 7.47. The molecule has 5 heteroatoms. The molecule has 1 aromatic carbocycles. The minimum absolute atomic E-state index is 0. The Hall–Kier alpha value is -0.840. The number of benzene rings is 1. The Kier molecular flexibility index (Phi) is 6.45. The van der Waals surface area contributed by atoms with Gasteiger partial charge in [0.25, 0.3) is 0 Å². The number of methoxy groups -OCH3 is 1. The summed E-state index contributed by atoms with van der Waals surface area (Å²) in [5, 5.41) is 9.78. The Morgan fingerprint density at radius 3 is 2.35 bits per heavy atom. The summed E-state index contributed by atoms with van der Waals surface area (Å²) in [6.07, 6.45) is -0.761. The second-order valence-corrected chi connectivity index (χ2v) is 4.15. The molecule has 0 spiro atoms. The monoisotopic (exact) mass is 263 g/mol. The van der Waals surface area contributed by atoms with Crippen molar-refractivity contribution in [1.29, 1.82) is 0 Å². The molecule has 0 aliphatic rings. The van der Waals surface area contributed by atoms with Crippen molar-refractivity contribution >= 4 is 12.4 Å². The number of aliphatic hydroxyl groups is 1. The highest BCUT2D eigenvalue weighted by atomic mass is 35.5. The van der Waals surface area contributed by atoms with Gasteiger partial charge in [-0.15, -0.1) is 12.4 Å². The van der Waals surface area contributed by atoms with E-state index in [-0.39, 0.29) is 18.3 Å². The Bertz CT molecular complexity index is 360. The third-order valence-electron chi connectivity index (χ3n) is 2.62. The molecule has 2 atom stereocenters. The molecule has 1 rings (SSSR count). The third-order valence-corrected chi connectivity index (χ3v) is 2.62. The zero-order chi connectivity index (χ0) is 12.3. The molecule has 0 radical (unpaired) electrons. The first-order valence-corrected chi connectivity index (χ1v) is 5.24. The van der Waals surface area contributed by atoms with Gasteiger partial charge in [0.2, 0.25) is 0 Å². The number of halogens is 2. The normalized spacial score (nSPS) is 14.1. The van der Waals surface area contributed by atoms with Crippen LogP contribution in [0.3, 0.4) is 0 Å². The number of hydrogen-bond donors (Lipinski definition) is 2. The SMILES string of the molecule is COc1ccc([C@@H](N)[C@@H](O)C(C)C)c(F)c1.Cl. The molecule has 0 aliphatic carbocycles. The van der Waals surface area contributed by atoms with Gasteiger partial charge in [0.1, 0.15) is 11.6 Å². The summed E-state index contributed by atoms with van der Waals surface area (Å²) in [4.78, 5) is 0. The highest BCUT2D eigenvalue weighted by Gasteiger charge is 2.22. The molecular weight excluding hydrogens is 245 g/mol. The minimum Gasteiger partial charge on any atom is -0.497 e. The highest BCUT2D eigenvalue weighted by Crippen LogP contribution is 2.25. The molecule has 0 saturated carbocycles. The van der Waals surface area contributed by atoms with E-state index in [9.17, 15) is 9.50 Å². The summed E-state index contributed by atoms with van der Waals surface area (Å²) in [5.74, 6) is -0.0319. The topological polar surface area (TPSA) is 55.5 Å². The number of ether oxygens (including phenoxy) is 1. The molecule has 0 unspecified atom stereocenters. The smallest absolute Gasteiger partial charge is 0.131 e. The fraction of sp³-hybridized carbons (Fsp3) is 0.500. The zero-order valence-electron chi connectivity index (χ0n) is 10.2. The summed E-state index contributed by atoms with van der Waals surface area (Å²) < 4.78 is 18.5. The van der Waals surface area contributed by atoms with Crippen molar-refractivity contribution in [3.63, 3.8) is 0 Å². The van der Waals surface area contributed by atoms with Crippen molar-refractivity contribution in [2.75, 3.05) is 7.11 Å². The average Bonchev–Trinajstić information content (AvgIpc) is 2.26. The number of rotatable bonds is 4. The average molecular weight is 264 g/mol. The highest BCUT2D eigenvalue weighted by molar-refractivity contribution is 5.85. The quantitative estimate of drug-likeness (QED) is 0.876. The van der Waals surface area contributed by atoms with Gasteiger partial charge in [-0.05, 0) is 12.0 Å². The second kappa shape index (κ2) is 6.79. The largest absolute Gasteiger partial charge is 0.497 e. The lowest BCUT2D eigenvalue weighted by atomic mass is 9.94. The van der Waals surface area contributed by atoms with Gasteiger partial charge in [0.05, 0.1) is 19.3 Å². The van der Waals surface area contributed by atoms with Crippen molar-refractivity contribution in [3.05, 3.63) is 29.6 Å². The van der Waals surface area contributed by atoms with Gasteiger partial charge >= 0.3 is 0 Å². The standard InChI is InChI=1S/C12H18FNO2.ClH/c1-7(2)12(15)11(14)9-5-4-8(16-3)6-10(9)13;/h4-7,11-12,15H,14H2,1-3H3;1H/t11-,12+;/m1./s1. The van der Waals surface area contributed by atoms with Crippen LogP contribution in [0.4, 0.5) is 4.39 Å². The van der Waals surface area contributed by atoms with Gasteiger partial charge < -0.3 is 15.6 Å². The van der Waals surface area contributed by atoms with Crippen LogP contribution in [-0.2, 0) is 0 Å². The summed E-state index contributed by atoms with van der Waals surface area (Å²) in [6.45, 7) is 3.68. The summed E-state index contributed by atoms with van der Waals surface area (Å²) in [7, 11) is 1.47. The number of hydrogen-bond acceptors (Lipinski definition) is 3.